The molecule has 0 spiro atoms. The molecule has 38 nitrogen and oxygen atoms in total. The molecule has 0 bridgehead atoms. The second kappa shape index (κ2) is 41.1. The molecule has 8 heterocycles. The summed E-state index contributed by atoms with van der Waals surface area (Å²) in [5, 5.41) is 39.7. The molecule has 0 unspecified atom stereocenters. The number of aromatic nitrogens is 12. The highest BCUT2D eigenvalue weighted by Crippen LogP contribution is 2.36. The number of aromatic amines is 3. The van der Waals surface area contributed by atoms with Crippen molar-refractivity contribution >= 4 is 82.2 Å². The van der Waals surface area contributed by atoms with Crippen LogP contribution < -0.4 is 52.1 Å². The Morgan fingerprint density at radius 2 is 0.821 bits per heavy atom. The van der Waals surface area contributed by atoms with E-state index < -0.39 is 53.4 Å². The monoisotopic (exact) mass is 1750 g/mol. The first-order valence-electron chi connectivity index (χ1n) is 40.1. The Labute approximate surface area is 708 Å². The van der Waals surface area contributed by atoms with E-state index in [0.29, 0.717) is 207 Å². The smallest absolute Gasteiger partial charge is 0.277 e. The Morgan fingerprint density at radius 3 is 1.18 bits per heavy atom. The van der Waals surface area contributed by atoms with Crippen LogP contribution in [-0.2, 0) is 70.3 Å². The summed E-state index contributed by atoms with van der Waals surface area (Å²) in [5.41, 5.74) is 10.1. The third-order valence-electron chi connectivity index (χ3n) is 20.0. The molecule has 10 N–H and O–H groups in total. The van der Waals surface area contributed by atoms with Crippen molar-refractivity contribution in [3.8, 4) is 51.4 Å². The molecule has 6 aromatic heterocycles. The van der Waals surface area contributed by atoms with Crippen LogP contribution in [0.15, 0.2) is 144 Å². The Hall–Kier alpha value is -12.2. The van der Waals surface area contributed by atoms with Gasteiger partial charge >= 0.3 is 0 Å². The number of ether oxygens (including phenoxy) is 3. The average Bonchev–Trinajstić information content (AvgIpc) is 1.65. The molecule has 2 aliphatic heterocycles. The number of hydrogen-bond acceptors (Lipinski definition) is 26. The van der Waals surface area contributed by atoms with E-state index in [9.17, 15) is 54.0 Å². The van der Waals surface area contributed by atoms with E-state index in [1.54, 1.807) is 73.5 Å². The van der Waals surface area contributed by atoms with E-state index in [-0.39, 0.29) is 49.7 Å². The second-order valence-corrected chi connectivity index (χ2v) is 34.3. The summed E-state index contributed by atoms with van der Waals surface area (Å²) in [7, 11) is -11.7. The van der Waals surface area contributed by atoms with Crippen LogP contribution in [0.4, 0.5) is 5.69 Å². The molecule has 5 aromatic carbocycles. The number of benzene rings is 5. The first-order chi connectivity index (χ1) is 59.0. The summed E-state index contributed by atoms with van der Waals surface area (Å²) < 4.78 is 109. The normalized spacial score (nSPS) is 13.9. The van der Waals surface area contributed by atoms with E-state index in [1.165, 1.54) is 89.9 Å². The summed E-state index contributed by atoms with van der Waals surface area (Å²) in [6.07, 6.45) is 10.5. The molecule has 0 radical (unpaired) electrons. The van der Waals surface area contributed by atoms with Crippen molar-refractivity contribution in [3.63, 3.8) is 0 Å². The van der Waals surface area contributed by atoms with Crippen LogP contribution in [0.5, 0.6) is 17.2 Å². The van der Waals surface area contributed by atoms with Gasteiger partial charge in [0.1, 0.15) is 34.7 Å². The number of nitrogens with zero attached hydrogens (tertiary/aromatic N) is 13. The standard InChI is InChI=1S/C31H37N7O6S.C26H28N6O6S.C25H35N7O6S/c1-4-6-27-32-21(3)29-31(40)33-30(34-38(27)29)25-19-24(12-13-26(25)44-5-2)45(42,43)37-17-15-36(16-18-37)20-23-9-7-22(8-10-23)11-14-28(39)35-41;1-4-6-22-27-16(3)24-26(34)28-25(29-32(22)24)20-15-19(12-13-21(20)38-5-2)39(36,37)31-18-10-7-17(8-11-18)9-14-23(33)30-35;1-4-7-21-26-17(3)23-25(34)27-24(28-32(21)23)19-16-18(9-10-20(19)38-5-2)39(36,37)31-14-12-30(13-15-31)11-6-8-22(33)29-35/h7-14,19,41H,4-6,15-18,20H2,1-3H3,(H,35,39)(H,33,34,40);7-15,31,35H,4-6H2,1-3H3,(H,30,33)(H,28,29,34);9-10,16,35H,4-8,11-15H2,1-3H3,(H,29,33)(H,27,28,34)/b14-11+;14-9+;. The fourth-order valence-corrected chi connectivity index (χ4v) is 18.1. The van der Waals surface area contributed by atoms with Gasteiger partial charge in [-0.3, -0.25) is 54.0 Å². The number of fused-ring (bicyclic) bond motifs is 3. The minimum Gasteiger partial charge on any atom is -0.493 e. The Balaban J connectivity index is 0.000000180. The molecular formula is C82H100N20O18S3. The van der Waals surface area contributed by atoms with Gasteiger partial charge in [-0.15, -0.1) is 15.3 Å². The van der Waals surface area contributed by atoms with Crippen LogP contribution >= 0.6 is 0 Å². The van der Waals surface area contributed by atoms with Crippen LogP contribution in [-0.4, -0.2) is 214 Å². The summed E-state index contributed by atoms with van der Waals surface area (Å²) in [6, 6.07) is 27.5. The third-order valence-corrected chi connectivity index (χ3v) is 25.2. The number of piperazine rings is 2. The number of sulfonamides is 3. The van der Waals surface area contributed by atoms with E-state index in [1.807, 2.05) is 58.9 Å². The Kier molecular flexibility index (Phi) is 30.6. The number of hydroxylamine groups is 3. The zero-order chi connectivity index (χ0) is 88.5. The number of nitrogens with one attached hydrogen (secondary N) is 7. The lowest BCUT2D eigenvalue weighted by Gasteiger charge is -2.34. The number of carbonyl (C=O) groups excluding carboxylic acids is 3. The molecule has 13 rings (SSSR count). The largest absolute Gasteiger partial charge is 0.493 e. The summed E-state index contributed by atoms with van der Waals surface area (Å²) in [5.74, 6) is 1.94. The Bertz CT molecular complexity index is 6270. The molecular weight excluding hydrogens is 1650 g/mol. The number of amides is 3. The predicted molar refractivity (Wildman–Crippen MR) is 457 cm³/mol. The number of carbonyl (C=O) groups is 3. The van der Waals surface area contributed by atoms with Crippen LogP contribution in [0.3, 0.4) is 0 Å². The second-order valence-electron chi connectivity index (χ2n) is 28.7. The van der Waals surface area contributed by atoms with Gasteiger partial charge < -0.3 is 34.1 Å². The summed E-state index contributed by atoms with van der Waals surface area (Å²) in [6.45, 7) is 22.4. The molecule has 0 aliphatic carbocycles. The maximum atomic E-state index is 13.8. The van der Waals surface area contributed by atoms with Crippen molar-refractivity contribution in [1.29, 1.82) is 0 Å². The third kappa shape index (κ3) is 21.8. The number of rotatable bonds is 32. The highest BCUT2D eigenvalue weighted by atomic mass is 32.2. The van der Waals surface area contributed by atoms with Gasteiger partial charge in [0.25, 0.3) is 38.5 Å². The highest BCUT2D eigenvalue weighted by molar-refractivity contribution is 7.92. The molecule has 11 aromatic rings. The zero-order valence-electron chi connectivity index (χ0n) is 69.5. The van der Waals surface area contributed by atoms with Crippen LogP contribution in [0.25, 0.3) is 62.9 Å². The van der Waals surface area contributed by atoms with Crippen LogP contribution in [0.1, 0.15) is 125 Å². The van der Waals surface area contributed by atoms with Crippen LogP contribution in [0.2, 0.25) is 0 Å². The minimum absolute atomic E-state index is 0.0668. The fourth-order valence-electron chi connectivity index (χ4n) is 14.1. The van der Waals surface area contributed by atoms with Gasteiger partial charge in [-0.1, -0.05) is 57.2 Å². The summed E-state index contributed by atoms with van der Waals surface area (Å²) >= 11 is 0. The average molecular weight is 1750 g/mol. The maximum Gasteiger partial charge on any atom is 0.277 e. The molecule has 123 heavy (non-hydrogen) atoms. The molecule has 41 heteroatoms. The van der Waals surface area contributed by atoms with E-state index in [4.69, 9.17) is 29.8 Å². The van der Waals surface area contributed by atoms with Gasteiger partial charge in [-0.2, -0.15) is 8.61 Å². The number of H-pyrrole nitrogens is 3. The van der Waals surface area contributed by atoms with Gasteiger partial charge in [0.05, 0.1) is 68.3 Å². The minimum atomic E-state index is -4.04. The zero-order valence-corrected chi connectivity index (χ0v) is 71.9. The lowest BCUT2D eigenvalue weighted by molar-refractivity contribution is -0.129. The van der Waals surface area contributed by atoms with Gasteiger partial charge in [-0.25, -0.2) is 70.2 Å². The molecule has 2 aliphatic rings. The molecule has 2 fully saturated rings. The SMILES string of the molecule is CCCc1nc(C)c2c(=O)[nH]c(-c3cc(S(=O)(=O)N4CCN(CCCC(=O)NO)CC4)ccc3OCC)nn12.CCCc1nc(C)c2c(=O)[nH]c(-c3cc(S(=O)(=O)N4CCN(Cc5ccc(/C=C/C(=O)NO)cc5)CC4)ccc3OCC)nn12.CCCc1nc(C)c2c(=O)[nH]c(-c3cc(S(=O)(=O)Nc4ccc(/C=C/C(=O)NO)cc4)ccc3OCC)nn12. The van der Waals surface area contributed by atoms with Crippen molar-refractivity contribution in [2.24, 2.45) is 0 Å². The van der Waals surface area contributed by atoms with Crippen molar-refractivity contribution in [2.45, 2.75) is 135 Å². The lowest BCUT2D eigenvalue weighted by Crippen LogP contribution is -2.48. The van der Waals surface area contributed by atoms with Crippen molar-refractivity contribution < 1.29 is 69.5 Å². The fraction of sp³-hybridized carbons (Fsp3) is 0.366. The summed E-state index contributed by atoms with van der Waals surface area (Å²) in [4.78, 5) is 98.8. The number of imidazole rings is 3. The number of anilines is 1. The molecule has 2 saturated heterocycles. The van der Waals surface area contributed by atoms with Gasteiger partial charge in [0.15, 0.2) is 34.0 Å². The molecule has 3 amide bonds. The van der Waals surface area contributed by atoms with Gasteiger partial charge in [0, 0.05) is 102 Å². The first-order valence-corrected chi connectivity index (χ1v) is 44.5. The number of hydrogen-bond donors (Lipinski definition) is 10. The maximum absolute atomic E-state index is 13.8. The van der Waals surface area contributed by atoms with Gasteiger partial charge in [0.2, 0.25) is 26.0 Å². The predicted octanol–water partition coefficient (Wildman–Crippen LogP) is 7.17. The van der Waals surface area contributed by atoms with Gasteiger partial charge in [-0.05, 0) is 169 Å². The van der Waals surface area contributed by atoms with Crippen molar-refractivity contribution in [2.75, 3.05) is 83.4 Å². The topological polar surface area (TPSA) is 492 Å². The first kappa shape index (κ1) is 91.5. The lowest BCUT2D eigenvalue weighted by atomic mass is 10.1. The number of aryl methyl sites for hydroxylation is 6. The van der Waals surface area contributed by atoms with E-state index in [2.05, 4.69) is 59.7 Å². The van der Waals surface area contributed by atoms with E-state index >= 15 is 0 Å². The van der Waals surface area contributed by atoms with Crippen molar-refractivity contribution in [3.05, 3.63) is 198 Å². The van der Waals surface area contributed by atoms with Crippen LogP contribution in [0, 0.1) is 20.8 Å². The molecule has 654 valence electrons. The van der Waals surface area contributed by atoms with Crippen molar-refractivity contribution in [1.82, 2.24) is 93.6 Å². The highest BCUT2D eigenvalue weighted by Gasteiger charge is 2.33. The molecule has 0 saturated carbocycles. The Morgan fingerprint density at radius 1 is 0.463 bits per heavy atom. The molecule has 0 atom stereocenters. The quantitative estimate of drug-likeness (QED) is 0.0113. The van der Waals surface area contributed by atoms with E-state index in [0.717, 1.165) is 36.5 Å².